The van der Waals surface area contributed by atoms with Crippen LogP contribution in [0.25, 0.3) is 0 Å². The minimum atomic E-state index is -3.72. The Hall–Kier alpha value is -0.860. The lowest BCUT2D eigenvalue weighted by Crippen LogP contribution is -2.32. The summed E-state index contributed by atoms with van der Waals surface area (Å²) in [7, 11) is -3.72. The highest BCUT2D eigenvalue weighted by atomic mass is 35.5. The Kier molecular flexibility index (Phi) is 12.2. The molecule has 0 saturated heterocycles. The van der Waals surface area contributed by atoms with Crippen molar-refractivity contribution in [1.82, 2.24) is 14.5 Å². The highest BCUT2D eigenvalue weighted by Gasteiger charge is 2.25. The highest BCUT2D eigenvalue weighted by Crippen LogP contribution is 2.25. The summed E-state index contributed by atoms with van der Waals surface area (Å²) in [6, 6.07) is 4.36. The van der Waals surface area contributed by atoms with Gasteiger partial charge >= 0.3 is 0 Å². The van der Waals surface area contributed by atoms with E-state index in [0.717, 1.165) is 26.1 Å². The molecule has 9 heteroatoms. The van der Waals surface area contributed by atoms with Crippen molar-refractivity contribution in [3.8, 4) is 0 Å². The lowest BCUT2D eigenvalue weighted by molar-refractivity contribution is 0.0951. The summed E-state index contributed by atoms with van der Waals surface area (Å²) in [6.07, 6.45) is 0.839. The first-order chi connectivity index (χ1) is 12.3. The number of carbonyl (C=O) groups is 1. The summed E-state index contributed by atoms with van der Waals surface area (Å²) in [5.74, 6) is -0.294. The van der Waals surface area contributed by atoms with Gasteiger partial charge in [0.25, 0.3) is 5.91 Å². The van der Waals surface area contributed by atoms with Gasteiger partial charge in [-0.15, -0.1) is 12.4 Å². The SMILES string of the molecule is CCN(CC)CCCNC(=O)c1ccc(Cl)c(S(=O)(=O)N(CC)CC)c1.Cl. The number of hydrogen-bond donors (Lipinski definition) is 1. The first kappa shape index (κ1) is 26.1. The van der Waals surface area contributed by atoms with Crippen LogP contribution in [-0.2, 0) is 10.0 Å². The van der Waals surface area contributed by atoms with Crippen molar-refractivity contribution in [3.05, 3.63) is 28.8 Å². The molecule has 0 bridgehead atoms. The number of rotatable bonds is 11. The topological polar surface area (TPSA) is 69.7 Å². The van der Waals surface area contributed by atoms with Crippen molar-refractivity contribution in [2.75, 3.05) is 39.3 Å². The maximum Gasteiger partial charge on any atom is 0.251 e. The molecule has 0 saturated carbocycles. The number of amides is 1. The molecule has 0 atom stereocenters. The number of benzene rings is 1. The van der Waals surface area contributed by atoms with E-state index in [-0.39, 0.29) is 28.2 Å². The molecule has 0 aromatic heterocycles. The minimum Gasteiger partial charge on any atom is -0.352 e. The smallest absolute Gasteiger partial charge is 0.251 e. The first-order valence-electron chi connectivity index (χ1n) is 9.11. The molecular weight excluding hydrogens is 409 g/mol. The van der Waals surface area contributed by atoms with Crippen LogP contribution in [0.1, 0.15) is 44.5 Å². The summed E-state index contributed by atoms with van der Waals surface area (Å²) in [5, 5.41) is 2.96. The van der Waals surface area contributed by atoms with Crippen LogP contribution in [0.15, 0.2) is 23.1 Å². The van der Waals surface area contributed by atoms with E-state index in [2.05, 4.69) is 24.1 Å². The fourth-order valence-corrected chi connectivity index (χ4v) is 4.65. The van der Waals surface area contributed by atoms with Gasteiger partial charge in [0, 0.05) is 25.2 Å². The Morgan fingerprint density at radius 1 is 1.07 bits per heavy atom. The highest BCUT2D eigenvalue weighted by molar-refractivity contribution is 7.89. The molecule has 1 aromatic carbocycles. The molecule has 1 amide bonds. The van der Waals surface area contributed by atoms with Gasteiger partial charge in [-0.1, -0.05) is 39.3 Å². The molecule has 6 nitrogen and oxygen atoms in total. The molecule has 0 fully saturated rings. The third-order valence-corrected chi connectivity index (χ3v) is 6.88. The normalized spacial score (nSPS) is 11.5. The fourth-order valence-electron chi connectivity index (χ4n) is 2.69. The molecule has 0 aliphatic carbocycles. The molecule has 27 heavy (non-hydrogen) atoms. The molecule has 0 heterocycles. The Balaban J connectivity index is 0.00000676. The van der Waals surface area contributed by atoms with Gasteiger partial charge in [-0.05, 0) is 44.3 Å². The zero-order chi connectivity index (χ0) is 19.7. The van der Waals surface area contributed by atoms with Gasteiger partial charge in [-0.25, -0.2) is 8.42 Å². The van der Waals surface area contributed by atoms with E-state index < -0.39 is 10.0 Å². The van der Waals surface area contributed by atoms with Crippen LogP contribution >= 0.6 is 24.0 Å². The van der Waals surface area contributed by atoms with E-state index >= 15 is 0 Å². The Labute approximate surface area is 174 Å². The second kappa shape index (κ2) is 12.6. The fraction of sp³-hybridized carbons (Fsp3) is 0.611. The quantitative estimate of drug-likeness (QED) is 0.537. The molecular formula is C18H31Cl2N3O3S. The van der Waals surface area contributed by atoms with E-state index in [9.17, 15) is 13.2 Å². The number of carbonyl (C=O) groups excluding carboxylic acids is 1. The average molecular weight is 440 g/mol. The number of sulfonamides is 1. The van der Waals surface area contributed by atoms with Crippen molar-refractivity contribution in [1.29, 1.82) is 0 Å². The average Bonchev–Trinajstić information content (AvgIpc) is 2.62. The number of halogens is 2. The van der Waals surface area contributed by atoms with Crippen LogP contribution in [0, 0.1) is 0 Å². The summed E-state index contributed by atoms with van der Waals surface area (Å²) < 4.78 is 26.7. The monoisotopic (exact) mass is 439 g/mol. The molecule has 1 aromatic rings. The van der Waals surface area contributed by atoms with Crippen molar-refractivity contribution in [2.24, 2.45) is 0 Å². The van der Waals surface area contributed by atoms with Gasteiger partial charge in [0.15, 0.2) is 0 Å². The summed E-state index contributed by atoms with van der Waals surface area (Å²) in [4.78, 5) is 14.6. The van der Waals surface area contributed by atoms with Crippen LogP contribution < -0.4 is 5.32 Å². The third-order valence-electron chi connectivity index (χ3n) is 4.35. The van der Waals surface area contributed by atoms with Gasteiger partial charge in [-0.3, -0.25) is 4.79 Å². The lowest BCUT2D eigenvalue weighted by Gasteiger charge is -2.20. The van der Waals surface area contributed by atoms with Crippen LogP contribution in [0.4, 0.5) is 0 Å². The number of hydrogen-bond acceptors (Lipinski definition) is 4. The van der Waals surface area contributed by atoms with Crippen molar-refractivity contribution in [3.63, 3.8) is 0 Å². The summed E-state index contributed by atoms with van der Waals surface area (Å²) >= 11 is 6.09. The second-order valence-corrected chi connectivity index (χ2v) is 8.18. The predicted molar refractivity (Wildman–Crippen MR) is 114 cm³/mol. The molecule has 1 rings (SSSR count). The van der Waals surface area contributed by atoms with E-state index in [1.807, 2.05) is 0 Å². The maximum atomic E-state index is 12.7. The molecule has 0 unspecified atom stereocenters. The van der Waals surface area contributed by atoms with Crippen LogP contribution in [0.5, 0.6) is 0 Å². The van der Waals surface area contributed by atoms with E-state index in [0.29, 0.717) is 25.2 Å². The molecule has 1 N–H and O–H groups in total. The zero-order valence-corrected chi connectivity index (χ0v) is 18.9. The van der Waals surface area contributed by atoms with Crippen molar-refractivity contribution >= 4 is 39.9 Å². The molecule has 0 spiro atoms. The van der Waals surface area contributed by atoms with E-state index in [1.165, 1.54) is 16.4 Å². The van der Waals surface area contributed by atoms with Gasteiger partial charge in [-0.2, -0.15) is 4.31 Å². The Morgan fingerprint density at radius 3 is 2.19 bits per heavy atom. The first-order valence-corrected chi connectivity index (χ1v) is 10.9. The predicted octanol–water partition coefficient (Wildman–Crippen LogP) is 3.25. The van der Waals surface area contributed by atoms with Gasteiger partial charge < -0.3 is 10.2 Å². The van der Waals surface area contributed by atoms with Gasteiger partial charge in [0.05, 0.1) is 5.02 Å². The van der Waals surface area contributed by atoms with Gasteiger partial charge in [0.2, 0.25) is 10.0 Å². The molecule has 0 aliphatic rings. The van der Waals surface area contributed by atoms with E-state index in [1.54, 1.807) is 19.9 Å². The standard InChI is InChI=1S/C18H30ClN3O3S.ClH/c1-5-21(6-2)13-9-12-20-18(23)15-10-11-16(19)17(14-15)26(24,25)22(7-3)8-4;/h10-11,14H,5-9,12-13H2,1-4H3,(H,20,23);1H. The van der Waals surface area contributed by atoms with Crippen molar-refractivity contribution < 1.29 is 13.2 Å². The van der Waals surface area contributed by atoms with Crippen molar-refractivity contribution in [2.45, 2.75) is 39.0 Å². The largest absolute Gasteiger partial charge is 0.352 e. The Morgan fingerprint density at radius 2 is 1.67 bits per heavy atom. The number of nitrogens with one attached hydrogen (secondary N) is 1. The van der Waals surface area contributed by atoms with Crippen LogP contribution in [0.3, 0.4) is 0 Å². The van der Waals surface area contributed by atoms with Gasteiger partial charge in [0.1, 0.15) is 4.90 Å². The molecule has 156 valence electrons. The van der Waals surface area contributed by atoms with E-state index in [4.69, 9.17) is 11.6 Å². The molecule has 0 radical (unpaired) electrons. The summed E-state index contributed by atoms with van der Waals surface area (Å²) in [6.45, 7) is 11.8. The zero-order valence-electron chi connectivity index (χ0n) is 16.5. The Bertz CT molecular complexity index is 691. The third kappa shape index (κ3) is 7.23. The van der Waals surface area contributed by atoms with Crippen LogP contribution in [-0.4, -0.2) is 62.8 Å². The lowest BCUT2D eigenvalue weighted by atomic mass is 10.2. The number of nitrogens with zero attached hydrogens (tertiary/aromatic N) is 2. The van der Waals surface area contributed by atoms with Crippen LogP contribution in [0.2, 0.25) is 5.02 Å². The molecule has 0 aliphatic heterocycles. The second-order valence-electron chi connectivity index (χ2n) is 5.87. The maximum absolute atomic E-state index is 12.7. The summed E-state index contributed by atoms with van der Waals surface area (Å²) in [5.41, 5.74) is 0.294. The minimum absolute atomic E-state index is 0.